The number of hydrogen-bond acceptors (Lipinski definition) is 9. The molecule has 0 radical (unpaired) electrons. The molecule has 3 aromatic carbocycles. The van der Waals surface area contributed by atoms with Crippen molar-refractivity contribution in [2.24, 2.45) is 0 Å². The van der Waals surface area contributed by atoms with Crippen LogP contribution in [0.1, 0.15) is 46.6 Å². The smallest absolute Gasteiger partial charge is 1.00 e. The van der Waals surface area contributed by atoms with Gasteiger partial charge in [0, 0.05) is 24.2 Å². The fourth-order valence-corrected chi connectivity index (χ4v) is 6.55. The van der Waals surface area contributed by atoms with E-state index in [1.807, 2.05) is 54.6 Å². The molecule has 0 saturated heterocycles. The molecular weight excluding hydrogens is 628 g/mol. The van der Waals surface area contributed by atoms with Gasteiger partial charge in [-0.1, -0.05) is 92.2 Å². The van der Waals surface area contributed by atoms with Gasteiger partial charge in [0.15, 0.2) is 5.57 Å². The van der Waals surface area contributed by atoms with E-state index >= 15 is 0 Å². The molecule has 4 heterocycles. The average Bonchev–Trinajstić information content (AvgIpc) is 3.80. The SMILES string of the molecule is CCCCC1NC2=C(CN3C(=O)C(C(=O)OCc4ccccc4)=C(O)C3C2)N1Cc1ccc(-c2ccccc2-c2nn[nH]n2)cc1.[H-].[H-].[Na+].[Na+]. The van der Waals surface area contributed by atoms with Crippen LogP contribution in [0.2, 0.25) is 0 Å². The van der Waals surface area contributed by atoms with E-state index in [2.05, 4.69) is 62.0 Å². The molecule has 0 spiro atoms. The molecule has 13 heteroatoms. The number of unbranched alkanes of at least 4 members (excludes halogenated alkanes) is 1. The molecule has 2 unspecified atom stereocenters. The van der Waals surface area contributed by atoms with Crippen molar-refractivity contribution in [2.75, 3.05) is 6.54 Å². The first-order chi connectivity index (χ1) is 22.5. The van der Waals surface area contributed by atoms with Gasteiger partial charge in [-0.15, -0.1) is 10.2 Å². The Hall–Kier alpha value is -3.45. The molecule has 1 amide bonds. The number of amides is 1. The molecule has 3 aliphatic heterocycles. The van der Waals surface area contributed by atoms with Crippen LogP contribution in [0.15, 0.2) is 102 Å². The monoisotopic (exact) mass is 665 g/mol. The minimum atomic E-state index is -0.799. The minimum absolute atomic E-state index is 0. The first-order valence-electron chi connectivity index (χ1n) is 15.6. The van der Waals surface area contributed by atoms with Gasteiger partial charge in [-0.3, -0.25) is 4.79 Å². The Morgan fingerprint density at radius 2 is 1.73 bits per heavy atom. The number of benzene rings is 3. The topological polar surface area (TPSA) is 137 Å². The Morgan fingerprint density at radius 1 is 1.00 bits per heavy atom. The van der Waals surface area contributed by atoms with Crippen LogP contribution in [0.5, 0.6) is 0 Å². The number of tetrazole rings is 1. The van der Waals surface area contributed by atoms with Gasteiger partial charge in [0.05, 0.1) is 24.4 Å². The van der Waals surface area contributed by atoms with Crippen LogP contribution in [-0.4, -0.2) is 66.2 Å². The zero-order valence-electron chi connectivity index (χ0n) is 29.5. The largest absolute Gasteiger partial charge is 1.00 e. The van der Waals surface area contributed by atoms with Gasteiger partial charge < -0.3 is 27.8 Å². The molecule has 0 bridgehead atoms. The maximum absolute atomic E-state index is 13.5. The van der Waals surface area contributed by atoms with E-state index in [0.717, 1.165) is 58.5 Å². The number of carbonyl (C=O) groups excluding carboxylic acids is 2. The van der Waals surface area contributed by atoms with E-state index in [1.54, 1.807) is 4.90 Å². The molecule has 238 valence electrons. The number of aromatic nitrogens is 4. The zero-order valence-corrected chi connectivity index (χ0v) is 31.5. The molecule has 0 fully saturated rings. The summed E-state index contributed by atoms with van der Waals surface area (Å²) in [5, 5.41) is 29.3. The van der Waals surface area contributed by atoms with Crippen LogP contribution < -0.4 is 64.4 Å². The standard InChI is InChI=1S/C35H35N7O4.2Na.2H/c1-2-3-13-30-36-27-18-28-32(43)31(35(45)46-21-23-9-5-4-6-10-23)34(44)42(28)20-29(27)41(30)19-22-14-16-24(17-15-22)25-11-7-8-12-26(25)33-37-39-40-38-33;;;;/h4-12,14-17,28,30,36,43H,2-3,13,18-21H2,1H3,(H,37,38,39,40);;;;/q;2*+1;2*-1. The van der Waals surface area contributed by atoms with Crippen molar-refractivity contribution in [2.45, 2.75) is 58.0 Å². The van der Waals surface area contributed by atoms with Crippen LogP contribution in [0.4, 0.5) is 0 Å². The quantitative estimate of drug-likeness (QED) is 0.112. The van der Waals surface area contributed by atoms with E-state index in [9.17, 15) is 14.7 Å². The van der Waals surface area contributed by atoms with Crippen LogP contribution in [0.3, 0.4) is 0 Å². The first-order valence-corrected chi connectivity index (χ1v) is 15.6. The molecule has 7 rings (SSSR count). The third-order valence-electron chi connectivity index (χ3n) is 8.93. The van der Waals surface area contributed by atoms with E-state index in [4.69, 9.17) is 4.74 Å². The van der Waals surface area contributed by atoms with Gasteiger partial charge in [-0.25, -0.2) is 4.79 Å². The summed E-state index contributed by atoms with van der Waals surface area (Å²) in [5.74, 6) is -0.959. The second-order valence-corrected chi connectivity index (χ2v) is 11.8. The van der Waals surface area contributed by atoms with Crippen LogP contribution in [0.25, 0.3) is 22.5 Å². The maximum Gasteiger partial charge on any atom is 1.00 e. The van der Waals surface area contributed by atoms with Crippen molar-refractivity contribution in [1.29, 1.82) is 0 Å². The molecule has 3 aliphatic rings. The van der Waals surface area contributed by atoms with Gasteiger partial charge in [0.2, 0.25) is 5.82 Å². The summed E-state index contributed by atoms with van der Waals surface area (Å²) in [5.41, 5.74) is 6.64. The third kappa shape index (κ3) is 7.12. The summed E-state index contributed by atoms with van der Waals surface area (Å²) in [6, 6.07) is 25.1. The van der Waals surface area contributed by atoms with Gasteiger partial charge >= 0.3 is 65.1 Å². The number of aromatic amines is 1. The molecule has 11 nitrogen and oxygen atoms in total. The van der Waals surface area contributed by atoms with E-state index in [0.29, 0.717) is 25.3 Å². The Labute approximate surface area is 326 Å². The number of carbonyl (C=O) groups is 2. The second kappa shape index (κ2) is 15.8. The van der Waals surface area contributed by atoms with E-state index < -0.39 is 17.9 Å². The average molecular weight is 666 g/mol. The van der Waals surface area contributed by atoms with Gasteiger partial charge in [-0.2, -0.15) is 5.21 Å². The normalized spacial score (nSPS) is 18.1. The summed E-state index contributed by atoms with van der Waals surface area (Å²) in [4.78, 5) is 30.4. The third-order valence-corrected chi connectivity index (χ3v) is 8.93. The number of nitrogens with zero attached hydrogens (tertiary/aromatic N) is 5. The molecular formula is C35H37N7Na2O4. The van der Waals surface area contributed by atoms with Crippen molar-refractivity contribution in [1.82, 2.24) is 35.7 Å². The number of aliphatic hydroxyl groups excluding tert-OH is 1. The first kappa shape index (κ1) is 35.8. The number of ether oxygens (including phenoxy) is 1. The Kier molecular flexibility index (Phi) is 11.8. The summed E-state index contributed by atoms with van der Waals surface area (Å²) in [7, 11) is 0. The van der Waals surface area contributed by atoms with Crippen molar-refractivity contribution in [3.05, 3.63) is 113 Å². The second-order valence-electron chi connectivity index (χ2n) is 11.8. The molecule has 0 saturated carbocycles. The number of rotatable bonds is 10. The molecule has 2 atom stereocenters. The summed E-state index contributed by atoms with van der Waals surface area (Å²) in [6.45, 7) is 3.14. The molecule has 1 aromatic heterocycles. The van der Waals surface area contributed by atoms with Crippen molar-refractivity contribution < 1.29 is 81.4 Å². The van der Waals surface area contributed by atoms with Gasteiger partial charge in [0.1, 0.15) is 12.4 Å². The molecule has 4 aromatic rings. The summed E-state index contributed by atoms with van der Waals surface area (Å²) >= 11 is 0. The van der Waals surface area contributed by atoms with E-state index in [-0.39, 0.29) is 86.1 Å². The summed E-state index contributed by atoms with van der Waals surface area (Å²) in [6.07, 6.45) is 3.54. The van der Waals surface area contributed by atoms with E-state index in [1.165, 1.54) is 0 Å². The Morgan fingerprint density at radius 3 is 2.44 bits per heavy atom. The number of nitrogens with one attached hydrogen (secondary N) is 2. The fraction of sp³-hybridized carbons (Fsp3) is 0.286. The van der Waals surface area contributed by atoms with Crippen LogP contribution in [-0.2, 0) is 27.5 Å². The molecule has 48 heavy (non-hydrogen) atoms. The maximum atomic E-state index is 13.5. The molecule has 0 aliphatic carbocycles. The number of fused-ring (bicyclic) bond motifs is 1. The van der Waals surface area contributed by atoms with Gasteiger partial charge in [0.25, 0.3) is 5.91 Å². The fourth-order valence-electron chi connectivity index (χ4n) is 6.55. The number of hydrogen-bond donors (Lipinski definition) is 3. The van der Waals surface area contributed by atoms with Crippen molar-refractivity contribution in [3.63, 3.8) is 0 Å². The van der Waals surface area contributed by atoms with Crippen LogP contribution in [0, 0.1) is 0 Å². The Balaban J connectivity index is 0.00000169. The van der Waals surface area contributed by atoms with Crippen LogP contribution >= 0.6 is 0 Å². The zero-order chi connectivity index (χ0) is 31.6. The number of aliphatic hydroxyl groups is 1. The van der Waals surface area contributed by atoms with Gasteiger partial charge in [-0.05, 0) is 40.3 Å². The van der Waals surface area contributed by atoms with Crippen molar-refractivity contribution in [3.8, 4) is 22.5 Å². The Bertz CT molecular complexity index is 1830. The summed E-state index contributed by atoms with van der Waals surface area (Å²) < 4.78 is 5.43. The molecule has 3 N–H and O–H groups in total. The number of esters is 1. The van der Waals surface area contributed by atoms with Crippen molar-refractivity contribution >= 4 is 11.9 Å². The predicted octanol–water partition coefficient (Wildman–Crippen LogP) is -0.930. The minimum Gasteiger partial charge on any atom is -1.00 e. The number of H-pyrrole nitrogens is 1. The predicted molar refractivity (Wildman–Crippen MR) is 172 cm³/mol.